The van der Waals surface area contributed by atoms with Gasteiger partial charge in [0.25, 0.3) is 10.0 Å². The Balaban J connectivity index is 3.10. The van der Waals surface area contributed by atoms with Gasteiger partial charge in [0.2, 0.25) is 0 Å². The van der Waals surface area contributed by atoms with Crippen LogP contribution in [0.2, 0.25) is 0 Å². The molecule has 0 fully saturated rings. The second kappa shape index (κ2) is 5.16. The van der Waals surface area contributed by atoms with E-state index in [1.54, 1.807) is 19.9 Å². The smallest absolute Gasteiger partial charge is 0.321 e. The highest BCUT2D eigenvalue weighted by Crippen LogP contribution is 2.25. The highest BCUT2D eigenvalue weighted by molar-refractivity contribution is 7.91. The zero-order valence-electron chi connectivity index (χ0n) is 9.87. The molecule has 0 spiro atoms. The topological polar surface area (TPSA) is 74.7 Å². The van der Waals surface area contributed by atoms with Crippen molar-refractivity contribution in [3.63, 3.8) is 0 Å². The molecule has 0 radical (unpaired) electrons. The van der Waals surface area contributed by atoms with Crippen molar-refractivity contribution in [3.05, 3.63) is 17.0 Å². The first kappa shape index (κ1) is 14.1. The highest BCUT2D eigenvalue weighted by Gasteiger charge is 2.32. The third-order valence-electron chi connectivity index (χ3n) is 2.46. The molecule has 0 aliphatic heterocycles. The van der Waals surface area contributed by atoms with Crippen LogP contribution in [-0.4, -0.2) is 36.9 Å². The fourth-order valence-electron chi connectivity index (χ4n) is 1.45. The normalized spacial score (nSPS) is 13.9. The number of nitrogens with zero attached hydrogens (tertiary/aromatic N) is 1. The molecule has 0 saturated carbocycles. The number of sulfonamides is 1. The molecule has 0 aromatic carbocycles. The summed E-state index contributed by atoms with van der Waals surface area (Å²) in [5, 5.41) is 8.96. The lowest BCUT2D eigenvalue weighted by atomic mass is 10.2. The summed E-state index contributed by atoms with van der Waals surface area (Å²) in [5.41, 5.74) is 0. The van der Waals surface area contributed by atoms with Crippen molar-refractivity contribution in [1.82, 2.24) is 4.31 Å². The molecule has 1 atom stereocenters. The number of likely N-dealkylation sites (N-methyl/N-ethyl adjacent to an activating group) is 1. The van der Waals surface area contributed by atoms with E-state index < -0.39 is 22.0 Å². The molecule has 1 aromatic rings. The molecular formula is C10H15NO4S2. The van der Waals surface area contributed by atoms with Gasteiger partial charge in [-0.2, -0.15) is 4.31 Å². The number of thiophene rings is 1. The average Bonchev–Trinajstić information content (AvgIpc) is 2.65. The Kier molecular flexibility index (Phi) is 4.29. The number of hydrogen-bond donors (Lipinski definition) is 1. The van der Waals surface area contributed by atoms with Gasteiger partial charge in [0.15, 0.2) is 0 Å². The van der Waals surface area contributed by atoms with E-state index in [1.165, 1.54) is 13.1 Å². The van der Waals surface area contributed by atoms with Gasteiger partial charge in [-0.15, -0.1) is 11.3 Å². The van der Waals surface area contributed by atoms with Gasteiger partial charge in [-0.05, 0) is 25.5 Å². The maximum Gasteiger partial charge on any atom is 0.321 e. The van der Waals surface area contributed by atoms with E-state index in [0.29, 0.717) is 0 Å². The van der Waals surface area contributed by atoms with Crippen LogP contribution in [0.5, 0.6) is 0 Å². The van der Waals surface area contributed by atoms with Gasteiger partial charge in [0.05, 0.1) is 0 Å². The van der Waals surface area contributed by atoms with Crippen LogP contribution in [0.1, 0.15) is 18.2 Å². The van der Waals surface area contributed by atoms with Gasteiger partial charge in [-0.3, -0.25) is 4.79 Å². The molecule has 5 nitrogen and oxygen atoms in total. The maximum absolute atomic E-state index is 12.1. The van der Waals surface area contributed by atoms with Gasteiger partial charge in [-0.25, -0.2) is 8.42 Å². The number of carboxylic acid groups (broad SMARTS) is 1. The summed E-state index contributed by atoms with van der Waals surface area (Å²) in [5.74, 6) is -1.13. The fraction of sp³-hybridized carbons (Fsp3) is 0.500. The second-order valence-electron chi connectivity index (χ2n) is 3.65. The standard InChI is InChI=1S/C10H15NO4S2/c1-4-8(10(12)13)11(3)17(14,15)9-6-5-7(2)16-9/h5-6,8H,4H2,1-3H3,(H,12,13). The van der Waals surface area contributed by atoms with Gasteiger partial charge >= 0.3 is 5.97 Å². The van der Waals surface area contributed by atoms with Crippen LogP contribution >= 0.6 is 11.3 Å². The van der Waals surface area contributed by atoms with E-state index in [9.17, 15) is 13.2 Å². The lowest BCUT2D eigenvalue weighted by molar-refractivity contribution is -0.141. The summed E-state index contributed by atoms with van der Waals surface area (Å²) in [4.78, 5) is 11.8. The monoisotopic (exact) mass is 277 g/mol. The van der Waals surface area contributed by atoms with Gasteiger partial charge < -0.3 is 5.11 Å². The summed E-state index contributed by atoms with van der Waals surface area (Å²) in [6.07, 6.45) is 0.232. The summed E-state index contributed by atoms with van der Waals surface area (Å²) in [6, 6.07) is 2.18. The Labute approximate surface area is 105 Å². The third kappa shape index (κ3) is 2.85. The summed E-state index contributed by atoms with van der Waals surface area (Å²) >= 11 is 1.14. The first-order chi connectivity index (χ1) is 7.80. The largest absolute Gasteiger partial charge is 0.480 e. The van der Waals surface area contributed by atoms with E-state index >= 15 is 0 Å². The van der Waals surface area contributed by atoms with Crippen molar-refractivity contribution in [2.24, 2.45) is 0 Å². The van der Waals surface area contributed by atoms with Crippen molar-refractivity contribution < 1.29 is 18.3 Å². The summed E-state index contributed by atoms with van der Waals surface area (Å²) < 4.78 is 25.3. The van der Waals surface area contributed by atoms with E-state index in [0.717, 1.165) is 20.5 Å². The van der Waals surface area contributed by atoms with Crippen molar-refractivity contribution >= 4 is 27.3 Å². The second-order valence-corrected chi connectivity index (χ2v) is 7.16. The summed E-state index contributed by atoms with van der Waals surface area (Å²) in [7, 11) is -2.41. The number of rotatable bonds is 5. The van der Waals surface area contributed by atoms with Crippen LogP contribution in [0.3, 0.4) is 0 Å². The zero-order chi connectivity index (χ0) is 13.2. The quantitative estimate of drug-likeness (QED) is 0.886. The minimum atomic E-state index is -3.70. The molecule has 0 saturated heterocycles. The lowest BCUT2D eigenvalue weighted by Gasteiger charge is -2.22. The molecular weight excluding hydrogens is 262 g/mol. The Morgan fingerprint density at radius 3 is 2.47 bits per heavy atom. The van der Waals surface area contributed by atoms with Crippen molar-refractivity contribution in [2.45, 2.75) is 30.5 Å². The molecule has 0 bridgehead atoms. The molecule has 0 amide bonds. The van der Waals surface area contributed by atoms with Crippen LogP contribution < -0.4 is 0 Å². The van der Waals surface area contributed by atoms with Crippen LogP contribution in [0.4, 0.5) is 0 Å². The predicted octanol–water partition coefficient (Wildman–Crippen LogP) is 1.54. The van der Waals surface area contributed by atoms with E-state index in [1.807, 2.05) is 0 Å². The van der Waals surface area contributed by atoms with Crippen LogP contribution in [0, 0.1) is 6.92 Å². The molecule has 17 heavy (non-hydrogen) atoms. The Hall–Kier alpha value is -0.920. The molecule has 1 N–H and O–H groups in total. The predicted molar refractivity (Wildman–Crippen MR) is 65.7 cm³/mol. The van der Waals surface area contributed by atoms with Gasteiger partial charge in [-0.1, -0.05) is 6.92 Å². The Morgan fingerprint density at radius 2 is 2.12 bits per heavy atom. The van der Waals surface area contributed by atoms with Gasteiger partial charge in [0.1, 0.15) is 10.3 Å². The van der Waals surface area contributed by atoms with Crippen LogP contribution in [0.15, 0.2) is 16.3 Å². The number of carboxylic acids is 1. The van der Waals surface area contributed by atoms with E-state index in [2.05, 4.69) is 0 Å². The minimum absolute atomic E-state index is 0.178. The molecule has 0 aliphatic carbocycles. The number of aryl methyl sites for hydroxylation is 1. The number of carbonyl (C=O) groups is 1. The molecule has 1 aromatic heterocycles. The highest BCUT2D eigenvalue weighted by atomic mass is 32.2. The molecule has 0 aliphatic rings. The van der Waals surface area contributed by atoms with Crippen molar-refractivity contribution in [2.75, 3.05) is 7.05 Å². The number of hydrogen-bond acceptors (Lipinski definition) is 4. The minimum Gasteiger partial charge on any atom is -0.480 e. The lowest BCUT2D eigenvalue weighted by Crippen LogP contribution is -2.41. The van der Waals surface area contributed by atoms with Crippen molar-refractivity contribution in [1.29, 1.82) is 0 Å². The Morgan fingerprint density at radius 1 is 1.53 bits per heavy atom. The number of aliphatic carboxylic acids is 1. The fourth-order valence-corrected chi connectivity index (χ4v) is 4.30. The van der Waals surface area contributed by atoms with Crippen LogP contribution in [0.25, 0.3) is 0 Å². The molecule has 96 valence electrons. The Bertz CT molecular complexity index is 506. The zero-order valence-corrected chi connectivity index (χ0v) is 11.5. The molecule has 1 heterocycles. The molecule has 1 unspecified atom stereocenters. The summed E-state index contributed by atoms with van der Waals surface area (Å²) in [6.45, 7) is 3.45. The van der Waals surface area contributed by atoms with Gasteiger partial charge in [0, 0.05) is 11.9 Å². The molecule has 1 rings (SSSR count). The average molecular weight is 277 g/mol. The third-order valence-corrected chi connectivity index (χ3v) is 5.79. The van der Waals surface area contributed by atoms with E-state index in [4.69, 9.17) is 5.11 Å². The van der Waals surface area contributed by atoms with E-state index in [-0.39, 0.29) is 10.6 Å². The first-order valence-electron chi connectivity index (χ1n) is 5.08. The molecule has 7 heteroatoms. The SMILES string of the molecule is CCC(C(=O)O)N(C)S(=O)(=O)c1ccc(C)s1. The maximum atomic E-state index is 12.1. The first-order valence-corrected chi connectivity index (χ1v) is 7.33. The van der Waals surface area contributed by atoms with Crippen molar-refractivity contribution in [3.8, 4) is 0 Å². The van der Waals surface area contributed by atoms with Crippen LogP contribution in [-0.2, 0) is 14.8 Å².